The topological polar surface area (TPSA) is 94.0 Å². The number of benzene rings is 1. The Morgan fingerprint density at radius 1 is 1.19 bits per heavy atom. The van der Waals surface area contributed by atoms with Crippen molar-refractivity contribution in [3.8, 4) is 6.07 Å². The van der Waals surface area contributed by atoms with Crippen molar-refractivity contribution in [1.82, 2.24) is 9.88 Å². The fraction of sp³-hybridized carbons (Fsp3) is 0.200. The normalized spacial score (nSPS) is 10.9. The number of likely N-dealkylation sites (N-methyl/N-ethyl adjacent to an activating group) is 1. The van der Waals surface area contributed by atoms with Crippen LogP contribution in [0.15, 0.2) is 36.0 Å². The van der Waals surface area contributed by atoms with Crippen molar-refractivity contribution >= 4 is 24.4 Å². The lowest BCUT2D eigenvalue weighted by atomic mass is 10.1. The Hall–Kier alpha value is -3.46. The number of ketones is 1. The van der Waals surface area contributed by atoms with Crippen LogP contribution in [-0.4, -0.2) is 41.8 Å². The number of H-pyrrole nitrogens is 1. The predicted molar refractivity (Wildman–Crippen MR) is 98.0 cm³/mol. The van der Waals surface area contributed by atoms with Gasteiger partial charge >= 0.3 is 0 Å². The summed E-state index contributed by atoms with van der Waals surface area (Å²) >= 11 is 0. The molecule has 0 bridgehead atoms. The van der Waals surface area contributed by atoms with Gasteiger partial charge in [0, 0.05) is 18.3 Å². The smallest absolute Gasteiger partial charge is 0.182 e. The van der Waals surface area contributed by atoms with Crippen LogP contribution in [0.5, 0.6) is 0 Å². The molecule has 0 atom stereocenters. The second kappa shape index (κ2) is 8.58. The highest BCUT2D eigenvalue weighted by Crippen LogP contribution is 2.20. The highest BCUT2D eigenvalue weighted by atomic mass is 16.1. The molecule has 0 unspecified atom stereocenters. The van der Waals surface area contributed by atoms with Gasteiger partial charge in [0.2, 0.25) is 0 Å². The van der Waals surface area contributed by atoms with Crippen LogP contribution in [0.2, 0.25) is 0 Å². The lowest BCUT2D eigenvalue weighted by Gasteiger charge is -2.21. The number of nitrogens with zero attached hydrogens (tertiary/aromatic N) is 2. The first-order chi connectivity index (χ1) is 12.5. The average molecular weight is 349 g/mol. The van der Waals surface area contributed by atoms with Crippen molar-refractivity contribution in [2.24, 2.45) is 0 Å². The first kappa shape index (κ1) is 18.9. The number of Topliss-reactive ketones (excluding diaryl/α,β-unsaturated/α-hetero) is 1. The van der Waals surface area contributed by atoms with Crippen LogP contribution in [0.25, 0.3) is 6.08 Å². The number of allylic oxidation sites excluding steroid dienone is 1. The van der Waals surface area contributed by atoms with Crippen LogP contribution >= 0.6 is 0 Å². The summed E-state index contributed by atoms with van der Waals surface area (Å²) in [6, 6.07) is 10.9. The molecule has 2 rings (SSSR count). The van der Waals surface area contributed by atoms with Crippen molar-refractivity contribution < 1.29 is 14.4 Å². The van der Waals surface area contributed by atoms with Gasteiger partial charge in [0.25, 0.3) is 0 Å². The minimum atomic E-state index is -0.0270. The zero-order valence-corrected chi connectivity index (χ0v) is 14.7. The van der Waals surface area contributed by atoms with Crippen LogP contribution in [0, 0.1) is 11.3 Å². The van der Waals surface area contributed by atoms with Crippen LogP contribution < -0.4 is 0 Å². The van der Waals surface area contributed by atoms with Gasteiger partial charge in [-0.2, -0.15) is 5.26 Å². The molecule has 132 valence electrons. The summed E-state index contributed by atoms with van der Waals surface area (Å²) in [5, 5.41) is 9.16. The maximum atomic E-state index is 12.4. The van der Waals surface area contributed by atoms with E-state index in [1.807, 2.05) is 31.2 Å². The van der Waals surface area contributed by atoms with E-state index in [9.17, 15) is 14.4 Å². The highest BCUT2D eigenvalue weighted by Gasteiger charge is 2.17. The number of rotatable bonds is 8. The summed E-state index contributed by atoms with van der Waals surface area (Å²) in [7, 11) is 1.78. The van der Waals surface area contributed by atoms with Gasteiger partial charge in [-0.25, -0.2) is 0 Å². The van der Waals surface area contributed by atoms with Crippen molar-refractivity contribution in [2.75, 3.05) is 13.6 Å². The predicted octanol–water partition coefficient (Wildman–Crippen LogP) is 3.08. The van der Waals surface area contributed by atoms with Gasteiger partial charge in [0.1, 0.15) is 6.07 Å². The third-order valence-corrected chi connectivity index (χ3v) is 4.09. The minimum absolute atomic E-state index is 0.0270. The second-order valence-electron chi connectivity index (χ2n) is 5.72. The van der Waals surface area contributed by atoms with E-state index in [1.165, 1.54) is 0 Å². The molecule has 1 aromatic heterocycles. The Kier molecular flexibility index (Phi) is 6.23. The average Bonchev–Trinajstić information content (AvgIpc) is 3.02. The number of aldehydes is 2. The third kappa shape index (κ3) is 3.95. The van der Waals surface area contributed by atoms with E-state index in [0.717, 1.165) is 5.70 Å². The quantitative estimate of drug-likeness (QED) is 0.584. The molecule has 1 aromatic carbocycles. The van der Waals surface area contributed by atoms with Gasteiger partial charge in [-0.15, -0.1) is 0 Å². The van der Waals surface area contributed by atoms with E-state index in [1.54, 1.807) is 30.2 Å². The number of carbonyl (C=O) groups excluding carboxylic acids is 3. The van der Waals surface area contributed by atoms with Gasteiger partial charge in [-0.1, -0.05) is 37.3 Å². The monoisotopic (exact) mass is 349 g/mol. The first-order valence-corrected chi connectivity index (χ1v) is 8.12. The second-order valence-corrected chi connectivity index (χ2v) is 5.72. The fourth-order valence-corrected chi connectivity index (χ4v) is 2.68. The van der Waals surface area contributed by atoms with Crippen LogP contribution in [0.3, 0.4) is 0 Å². The van der Waals surface area contributed by atoms with Crippen molar-refractivity contribution in [3.63, 3.8) is 0 Å². The zero-order chi connectivity index (χ0) is 19.1. The van der Waals surface area contributed by atoms with Crippen molar-refractivity contribution in [1.29, 1.82) is 5.26 Å². The Balaban J connectivity index is 2.31. The van der Waals surface area contributed by atoms with Crippen LogP contribution in [0.1, 0.15) is 55.8 Å². The summed E-state index contributed by atoms with van der Waals surface area (Å²) in [5.74, 6) is -0.0270. The molecule has 0 saturated heterocycles. The molecular weight excluding hydrogens is 330 g/mol. The summed E-state index contributed by atoms with van der Waals surface area (Å²) < 4.78 is 0. The number of hydrogen-bond acceptors (Lipinski definition) is 5. The number of nitriles is 1. The molecule has 26 heavy (non-hydrogen) atoms. The van der Waals surface area contributed by atoms with E-state index in [0.29, 0.717) is 30.3 Å². The lowest BCUT2D eigenvalue weighted by Crippen LogP contribution is -2.25. The van der Waals surface area contributed by atoms with Gasteiger partial charge in [0.15, 0.2) is 18.4 Å². The summed E-state index contributed by atoms with van der Waals surface area (Å²) in [4.78, 5) is 39.4. The van der Waals surface area contributed by atoms with E-state index in [-0.39, 0.29) is 29.1 Å². The molecular formula is C20H19N3O3. The molecule has 0 spiro atoms. The van der Waals surface area contributed by atoms with E-state index >= 15 is 0 Å². The van der Waals surface area contributed by atoms with Gasteiger partial charge in [-0.05, 0) is 12.5 Å². The van der Waals surface area contributed by atoms with Gasteiger partial charge in [0.05, 0.1) is 29.1 Å². The third-order valence-electron chi connectivity index (χ3n) is 4.09. The van der Waals surface area contributed by atoms with E-state index in [4.69, 9.17) is 5.26 Å². The Labute approximate surface area is 151 Å². The molecule has 0 radical (unpaired) electrons. The number of aromatic amines is 1. The summed E-state index contributed by atoms with van der Waals surface area (Å²) in [5.41, 5.74) is 2.04. The van der Waals surface area contributed by atoms with E-state index in [2.05, 4.69) is 4.98 Å². The highest BCUT2D eigenvalue weighted by molar-refractivity contribution is 5.97. The lowest BCUT2D eigenvalue weighted by molar-refractivity contribution is 0.0958. The minimum Gasteiger partial charge on any atom is -0.370 e. The molecule has 0 aliphatic carbocycles. The SMILES string of the molecule is CC/C(=C/c1[nH]c(C=O)c(C#N)c1C=O)N(C)CC(=O)c1ccccc1. The van der Waals surface area contributed by atoms with E-state index < -0.39 is 0 Å². The molecule has 0 amide bonds. The fourth-order valence-electron chi connectivity index (χ4n) is 2.68. The summed E-state index contributed by atoms with van der Waals surface area (Å²) in [6.45, 7) is 2.09. The van der Waals surface area contributed by atoms with Gasteiger partial charge in [-0.3, -0.25) is 14.4 Å². The Morgan fingerprint density at radius 2 is 1.88 bits per heavy atom. The first-order valence-electron chi connectivity index (χ1n) is 8.12. The van der Waals surface area contributed by atoms with Crippen molar-refractivity contribution in [2.45, 2.75) is 13.3 Å². The molecule has 6 nitrogen and oxygen atoms in total. The Bertz CT molecular complexity index is 889. The molecule has 6 heteroatoms. The molecule has 1 N–H and O–H groups in total. The number of aromatic nitrogens is 1. The maximum Gasteiger partial charge on any atom is 0.182 e. The summed E-state index contributed by atoms with van der Waals surface area (Å²) in [6.07, 6.45) is 3.36. The van der Waals surface area contributed by atoms with Crippen LogP contribution in [0.4, 0.5) is 0 Å². The molecule has 0 fully saturated rings. The molecule has 0 aliphatic rings. The standard InChI is InChI=1S/C20H19N3O3/c1-3-15(23(2)11-20(26)14-7-5-4-6-8-14)9-18-17(12-24)16(10-21)19(13-25)22-18/h4-9,12-13,22H,3,11H2,1-2H3/b15-9-. The molecule has 2 aromatic rings. The molecule has 0 saturated carbocycles. The largest absolute Gasteiger partial charge is 0.370 e. The molecule has 0 aliphatic heterocycles. The number of hydrogen-bond donors (Lipinski definition) is 1. The van der Waals surface area contributed by atoms with Gasteiger partial charge < -0.3 is 9.88 Å². The number of nitrogens with one attached hydrogen (secondary N) is 1. The number of carbonyl (C=O) groups is 3. The molecule has 1 heterocycles. The zero-order valence-electron chi connectivity index (χ0n) is 14.7. The maximum absolute atomic E-state index is 12.4. The van der Waals surface area contributed by atoms with Crippen LogP contribution in [-0.2, 0) is 0 Å². The Morgan fingerprint density at radius 3 is 2.42 bits per heavy atom. The van der Waals surface area contributed by atoms with Crippen molar-refractivity contribution in [3.05, 3.63) is 64.1 Å².